The van der Waals surface area contributed by atoms with Crippen molar-refractivity contribution < 1.29 is 13.0 Å². The van der Waals surface area contributed by atoms with Gasteiger partial charge < -0.3 is 10.5 Å². The molecular weight excluding hydrogens is 138 g/mol. The van der Waals surface area contributed by atoms with Crippen molar-refractivity contribution in [2.75, 3.05) is 6.61 Å². The van der Waals surface area contributed by atoms with Gasteiger partial charge in [-0.1, -0.05) is 18.1 Å². The van der Waals surface area contributed by atoms with Crippen LogP contribution in [0.4, 0.5) is 0 Å². The van der Waals surface area contributed by atoms with Crippen molar-refractivity contribution in [3.63, 3.8) is 0 Å². The molecule has 0 amide bonds. The zero-order chi connectivity index (χ0) is 13.0. The maximum Gasteiger partial charge on any atom is 0.124 e. The summed E-state index contributed by atoms with van der Waals surface area (Å²) in [7, 11) is 0. The summed E-state index contributed by atoms with van der Waals surface area (Å²) in [6.07, 6.45) is -1.84. The Bertz CT molecular complexity index is 489. The van der Waals surface area contributed by atoms with Crippen molar-refractivity contribution in [2.24, 2.45) is 5.73 Å². The first-order valence-electron chi connectivity index (χ1n) is 6.26. The van der Waals surface area contributed by atoms with Crippen molar-refractivity contribution in [1.82, 2.24) is 0 Å². The van der Waals surface area contributed by atoms with Crippen LogP contribution in [-0.2, 0) is 0 Å². The summed E-state index contributed by atoms with van der Waals surface area (Å²) in [6, 6.07) is -2.59. The van der Waals surface area contributed by atoms with Crippen LogP contribution in [0.1, 0.15) is 26.2 Å². The first kappa shape index (κ1) is 2.79. The fraction of sp³-hybridized carbons (Fsp3) is 0.333. The molecule has 2 nitrogen and oxygen atoms in total. The molecule has 0 saturated heterocycles. The molecule has 0 spiro atoms. The topological polar surface area (TPSA) is 35.2 Å². The van der Waals surface area contributed by atoms with Crippen molar-refractivity contribution >= 4 is 0 Å². The van der Waals surface area contributed by atoms with E-state index >= 15 is 0 Å². The first-order chi connectivity index (χ1) is 7.77. The van der Waals surface area contributed by atoms with Crippen molar-refractivity contribution in [3.8, 4) is 5.75 Å². The summed E-state index contributed by atoms with van der Waals surface area (Å²) < 4.78 is 50.7. The Morgan fingerprint density at radius 3 is 3.36 bits per heavy atom. The van der Waals surface area contributed by atoms with Crippen LogP contribution in [-0.4, -0.2) is 6.61 Å². The molecule has 1 aliphatic heterocycles. The van der Waals surface area contributed by atoms with E-state index in [1.54, 1.807) is 0 Å². The van der Waals surface area contributed by atoms with E-state index in [1.165, 1.54) is 0 Å². The van der Waals surface area contributed by atoms with E-state index in [0.717, 1.165) is 0 Å². The van der Waals surface area contributed by atoms with Crippen LogP contribution in [0.3, 0.4) is 0 Å². The Hall–Kier alpha value is -1.02. The second-order valence-electron chi connectivity index (χ2n) is 2.21. The molecular formula is C9H11NO. The molecule has 0 aromatic heterocycles. The lowest BCUT2D eigenvalue weighted by Crippen LogP contribution is -2.20. The van der Waals surface area contributed by atoms with Gasteiger partial charge in [-0.15, -0.1) is 0 Å². The summed E-state index contributed by atoms with van der Waals surface area (Å²) in [5.74, 6) is -0.0429. The minimum Gasteiger partial charge on any atom is -0.493 e. The van der Waals surface area contributed by atoms with Crippen molar-refractivity contribution in [3.05, 3.63) is 29.7 Å². The van der Waals surface area contributed by atoms with Gasteiger partial charge in [-0.3, -0.25) is 0 Å². The van der Waals surface area contributed by atoms with E-state index in [1.807, 2.05) is 0 Å². The molecule has 0 radical (unpaired) electrons. The molecule has 2 heteroatoms. The Labute approximate surface area is 74.4 Å². The minimum absolute atomic E-state index is 0.00671. The second kappa shape index (κ2) is 2.55. The van der Waals surface area contributed by atoms with Crippen LogP contribution in [0.25, 0.3) is 0 Å². The van der Waals surface area contributed by atoms with E-state index in [4.69, 9.17) is 18.7 Å². The molecule has 0 saturated carbocycles. The maximum atomic E-state index is 7.70. The molecule has 1 atom stereocenters. The molecule has 0 fully saturated rings. The molecule has 1 aliphatic rings. The van der Waals surface area contributed by atoms with Gasteiger partial charge >= 0.3 is 0 Å². The third-order valence-electron chi connectivity index (χ3n) is 1.51. The molecule has 1 aromatic rings. The van der Waals surface area contributed by atoms with Crippen molar-refractivity contribution in [1.29, 1.82) is 0 Å². The zero-order valence-electron chi connectivity index (χ0n) is 11.8. The van der Waals surface area contributed by atoms with E-state index in [2.05, 4.69) is 0 Å². The Morgan fingerprint density at radius 2 is 2.45 bits per heavy atom. The predicted molar refractivity (Wildman–Crippen MR) is 43.5 cm³/mol. The van der Waals surface area contributed by atoms with Crippen LogP contribution >= 0.6 is 0 Å². The fourth-order valence-corrected chi connectivity index (χ4v) is 0.949. The van der Waals surface area contributed by atoms with Gasteiger partial charge in [-0.05, 0) is 6.04 Å². The standard InChI is InChI=1S/C9H11NO/c10-8-5-6-11-9-4-2-1-3-7(8)9/h1-4,8H,5-6,10H2/t8-/m0/s1/i1D,2D,3D,4D,5D2. The second-order valence-corrected chi connectivity index (χ2v) is 2.21. The number of nitrogens with two attached hydrogens (primary N) is 1. The molecule has 0 bridgehead atoms. The highest BCUT2D eigenvalue weighted by atomic mass is 16.5. The quantitative estimate of drug-likeness (QED) is 0.615. The summed E-state index contributed by atoms with van der Waals surface area (Å²) in [5.41, 5.74) is 5.72. The van der Waals surface area contributed by atoms with Gasteiger partial charge in [0, 0.05) is 20.7 Å². The SMILES string of the molecule is [2H]c1c([2H])c([2H])c2c(c1[2H])OCC([2H])([2H])[C@@H]2N. The lowest BCUT2D eigenvalue weighted by atomic mass is 10.0. The highest BCUT2D eigenvalue weighted by Gasteiger charge is 2.16. The molecule has 0 unspecified atom stereocenters. The number of rotatable bonds is 0. The molecule has 1 heterocycles. The fourth-order valence-electron chi connectivity index (χ4n) is 0.949. The summed E-state index contributed by atoms with van der Waals surface area (Å²) in [6.45, 7) is -0.316. The van der Waals surface area contributed by atoms with Crippen LogP contribution in [0.2, 0.25) is 0 Å². The van der Waals surface area contributed by atoms with Crippen molar-refractivity contribution in [2.45, 2.75) is 12.4 Å². The highest BCUT2D eigenvalue weighted by molar-refractivity contribution is 5.36. The van der Waals surface area contributed by atoms with Gasteiger partial charge in [-0.2, -0.15) is 0 Å². The molecule has 58 valence electrons. The monoisotopic (exact) mass is 155 g/mol. The van der Waals surface area contributed by atoms with E-state index in [-0.39, 0.29) is 30.0 Å². The van der Waals surface area contributed by atoms with Gasteiger partial charge in [-0.25, -0.2) is 0 Å². The maximum absolute atomic E-state index is 7.70. The van der Waals surface area contributed by atoms with E-state index in [0.29, 0.717) is 0 Å². The van der Waals surface area contributed by atoms with Crippen LogP contribution in [0.15, 0.2) is 24.2 Å². The lowest BCUT2D eigenvalue weighted by molar-refractivity contribution is 0.269. The smallest absolute Gasteiger partial charge is 0.124 e. The zero-order valence-corrected chi connectivity index (χ0v) is 5.77. The third kappa shape index (κ3) is 1.10. The first-order valence-corrected chi connectivity index (χ1v) is 3.26. The van der Waals surface area contributed by atoms with E-state index in [9.17, 15) is 0 Å². The van der Waals surface area contributed by atoms with Crippen LogP contribution < -0.4 is 10.5 Å². The predicted octanol–water partition coefficient (Wildman–Crippen LogP) is 1.47. The summed E-state index contributed by atoms with van der Waals surface area (Å²) in [5, 5.41) is 0. The van der Waals surface area contributed by atoms with Gasteiger partial charge in [0.05, 0.1) is 12.1 Å². The lowest BCUT2D eigenvalue weighted by Gasteiger charge is -2.22. The molecule has 1 aromatic carbocycles. The van der Waals surface area contributed by atoms with Gasteiger partial charge in [0.1, 0.15) is 5.75 Å². The molecule has 0 aliphatic carbocycles. The third-order valence-corrected chi connectivity index (χ3v) is 1.51. The number of hydrogen-bond donors (Lipinski definition) is 1. The van der Waals surface area contributed by atoms with Gasteiger partial charge in [0.25, 0.3) is 0 Å². The Kier molecular flexibility index (Phi) is 0.647. The summed E-state index contributed by atoms with van der Waals surface area (Å²) >= 11 is 0. The Balaban J connectivity index is 2.74. The average Bonchev–Trinajstić information content (AvgIpc) is 2.27. The highest BCUT2D eigenvalue weighted by Crippen LogP contribution is 2.29. The largest absolute Gasteiger partial charge is 0.493 e. The number of para-hydroxylation sites is 1. The molecule has 2 N–H and O–H groups in total. The average molecular weight is 155 g/mol. The number of hydrogen-bond acceptors (Lipinski definition) is 2. The number of benzene rings is 1. The van der Waals surface area contributed by atoms with Crippen LogP contribution in [0.5, 0.6) is 5.75 Å². The Morgan fingerprint density at radius 1 is 1.64 bits per heavy atom. The normalized spacial score (nSPS) is 34.5. The summed E-state index contributed by atoms with van der Waals surface area (Å²) in [4.78, 5) is 0. The van der Waals surface area contributed by atoms with E-state index < -0.39 is 24.5 Å². The molecule has 11 heavy (non-hydrogen) atoms. The van der Waals surface area contributed by atoms with Crippen LogP contribution in [0, 0.1) is 0 Å². The van der Waals surface area contributed by atoms with Gasteiger partial charge in [0.2, 0.25) is 0 Å². The van der Waals surface area contributed by atoms with Gasteiger partial charge in [0.15, 0.2) is 0 Å². The minimum atomic E-state index is -1.84. The molecule has 2 rings (SSSR count). The number of ether oxygens (including phenoxy) is 1. The number of fused-ring (bicyclic) bond motifs is 1.